The predicted molar refractivity (Wildman–Crippen MR) is 66.7 cm³/mol. The zero-order valence-corrected chi connectivity index (χ0v) is 11.2. The van der Waals surface area contributed by atoms with Crippen molar-refractivity contribution in [1.82, 2.24) is 0 Å². The Labute approximate surface area is 103 Å². The molecule has 1 spiro atoms. The summed E-state index contributed by atoms with van der Waals surface area (Å²) in [6.07, 6.45) is 7.22. The summed E-state index contributed by atoms with van der Waals surface area (Å²) < 4.78 is 6.33. The van der Waals surface area contributed by atoms with Crippen LogP contribution in [-0.4, -0.2) is 17.5 Å². The third-order valence-corrected chi connectivity index (χ3v) is 5.37. The number of Topliss-reactive ketones (excluding diaryl/α,β-unsaturated/α-hetero) is 1. The van der Waals surface area contributed by atoms with E-state index in [9.17, 15) is 4.79 Å². The van der Waals surface area contributed by atoms with Gasteiger partial charge >= 0.3 is 0 Å². The predicted octanol–water partition coefficient (Wildman–Crippen LogP) is 3.12. The first-order valence-electron chi connectivity index (χ1n) is 6.80. The molecule has 1 saturated carbocycles. The van der Waals surface area contributed by atoms with Gasteiger partial charge < -0.3 is 4.74 Å². The monoisotopic (exact) mass is 234 g/mol. The van der Waals surface area contributed by atoms with E-state index < -0.39 is 0 Å². The van der Waals surface area contributed by atoms with E-state index >= 15 is 0 Å². The molecule has 2 heteroatoms. The fourth-order valence-electron chi connectivity index (χ4n) is 4.51. The average molecular weight is 234 g/mol. The zero-order valence-electron chi connectivity index (χ0n) is 11.2. The fourth-order valence-corrected chi connectivity index (χ4v) is 4.51. The molecule has 0 radical (unpaired) electrons. The highest BCUT2D eigenvalue weighted by atomic mass is 16.5. The summed E-state index contributed by atoms with van der Waals surface area (Å²) in [5, 5.41) is 0. The fraction of sp³-hybridized carbons (Fsp3) is 0.800. The van der Waals surface area contributed by atoms with Gasteiger partial charge in [0.15, 0.2) is 5.78 Å². The molecule has 0 N–H and O–H groups in total. The summed E-state index contributed by atoms with van der Waals surface area (Å²) in [5.41, 5.74) is -0.908. The number of ether oxygens (including phenoxy) is 1. The first-order valence-corrected chi connectivity index (χ1v) is 6.80. The molecule has 2 bridgehead atoms. The Morgan fingerprint density at radius 1 is 1.41 bits per heavy atom. The maximum atomic E-state index is 13.0. The minimum absolute atomic E-state index is 0.0139. The van der Waals surface area contributed by atoms with Crippen molar-refractivity contribution in [2.24, 2.45) is 16.7 Å². The van der Waals surface area contributed by atoms with Gasteiger partial charge in [-0.05, 0) is 25.2 Å². The Morgan fingerprint density at radius 2 is 2.12 bits per heavy atom. The van der Waals surface area contributed by atoms with Crippen LogP contribution < -0.4 is 0 Å². The average Bonchev–Trinajstić information content (AvgIpc) is 2.79. The summed E-state index contributed by atoms with van der Waals surface area (Å²) in [7, 11) is 0. The molecule has 0 unspecified atom stereocenters. The van der Waals surface area contributed by atoms with Crippen molar-refractivity contribution < 1.29 is 9.53 Å². The smallest absolute Gasteiger partial charge is 0.150 e. The molecule has 0 amide bonds. The third-order valence-electron chi connectivity index (χ3n) is 5.37. The van der Waals surface area contributed by atoms with Crippen LogP contribution in [0.3, 0.4) is 0 Å². The number of fused-ring (bicyclic) bond motifs is 1. The first-order chi connectivity index (χ1) is 7.88. The molecule has 94 valence electrons. The maximum absolute atomic E-state index is 13.0. The van der Waals surface area contributed by atoms with Gasteiger partial charge in [-0.15, -0.1) is 0 Å². The first kappa shape index (κ1) is 11.5. The summed E-state index contributed by atoms with van der Waals surface area (Å²) in [4.78, 5) is 13.0. The lowest BCUT2D eigenvalue weighted by Gasteiger charge is -2.51. The van der Waals surface area contributed by atoms with E-state index in [1.165, 1.54) is 0 Å². The number of hydrogen-bond donors (Lipinski definition) is 0. The van der Waals surface area contributed by atoms with Gasteiger partial charge in [-0.2, -0.15) is 0 Å². The van der Waals surface area contributed by atoms with E-state index in [2.05, 4.69) is 26.0 Å². The lowest BCUT2D eigenvalue weighted by atomic mass is 9.60. The van der Waals surface area contributed by atoms with E-state index in [0.29, 0.717) is 11.7 Å². The Kier molecular flexibility index (Phi) is 2.04. The van der Waals surface area contributed by atoms with Crippen LogP contribution in [-0.2, 0) is 9.53 Å². The molecule has 2 aliphatic heterocycles. The highest BCUT2D eigenvalue weighted by molar-refractivity contribution is 5.94. The van der Waals surface area contributed by atoms with E-state index in [-0.39, 0.29) is 22.5 Å². The molecular formula is C15H22O2. The molecule has 2 heterocycles. The summed E-state index contributed by atoms with van der Waals surface area (Å²) in [6.45, 7) is 8.47. The van der Waals surface area contributed by atoms with Gasteiger partial charge in [-0.25, -0.2) is 0 Å². The van der Waals surface area contributed by atoms with Crippen molar-refractivity contribution in [2.45, 2.75) is 58.7 Å². The van der Waals surface area contributed by atoms with Crippen LogP contribution in [0, 0.1) is 16.7 Å². The number of carbonyl (C=O) groups excluding carboxylic acids is 1. The summed E-state index contributed by atoms with van der Waals surface area (Å²) in [6, 6.07) is 0. The van der Waals surface area contributed by atoms with Gasteiger partial charge in [0, 0.05) is 0 Å². The van der Waals surface area contributed by atoms with Crippen molar-refractivity contribution in [2.75, 3.05) is 0 Å². The topological polar surface area (TPSA) is 26.3 Å². The maximum Gasteiger partial charge on any atom is 0.150 e. The lowest BCUT2D eigenvalue weighted by molar-refractivity contribution is -0.191. The van der Waals surface area contributed by atoms with Gasteiger partial charge in [-0.3, -0.25) is 4.79 Å². The number of carbonyl (C=O) groups is 1. The van der Waals surface area contributed by atoms with Crippen molar-refractivity contribution in [3.63, 3.8) is 0 Å². The summed E-state index contributed by atoms with van der Waals surface area (Å²) >= 11 is 0. The van der Waals surface area contributed by atoms with E-state index in [1.54, 1.807) is 0 Å². The van der Waals surface area contributed by atoms with E-state index in [0.717, 1.165) is 19.3 Å². The van der Waals surface area contributed by atoms with Gasteiger partial charge in [0.05, 0.1) is 22.5 Å². The largest absolute Gasteiger partial charge is 0.362 e. The molecule has 3 rings (SSSR count). The van der Waals surface area contributed by atoms with Crippen molar-refractivity contribution in [3.05, 3.63) is 12.2 Å². The summed E-state index contributed by atoms with van der Waals surface area (Å²) in [5.74, 6) is 1.01. The van der Waals surface area contributed by atoms with Gasteiger partial charge in [-0.1, -0.05) is 39.8 Å². The van der Waals surface area contributed by atoms with Crippen LogP contribution in [0.1, 0.15) is 47.0 Å². The second kappa shape index (κ2) is 3.03. The van der Waals surface area contributed by atoms with Crippen LogP contribution in [0.25, 0.3) is 0 Å². The minimum Gasteiger partial charge on any atom is -0.362 e. The molecule has 0 aromatic heterocycles. The standard InChI is InChI=1S/C15H22O2/c1-5-14-8-10(2)9-15(14)7-6-11(17-15)13(3,4)12(14)16/h6-7,10-11H,5,8-9H2,1-4H3/t10-,11-,14-,15-/m1/s1. The molecule has 3 aliphatic rings. The van der Waals surface area contributed by atoms with E-state index in [4.69, 9.17) is 4.74 Å². The minimum atomic E-state index is -0.365. The molecule has 17 heavy (non-hydrogen) atoms. The zero-order chi connectivity index (χ0) is 12.5. The second-order valence-electron chi connectivity index (χ2n) is 6.79. The van der Waals surface area contributed by atoms with Crippen LogP contribution in [0.5, 0.6) is 0 Å². The molecule has 0 aromatic rings. The highest BCUT2D eigenvalue weighted by Gasteiger charge is 2.69. The molecular weight excluding hydrogens is 212 g/mol. The number of rotatable bonds is 1. The van der Waals surface area contributed by atoms with Crippen LogP contribution in [0.4, 0.5) is 0 Å². The van der Waals surface area contributed by atoms with Crippen LogP contribution in [0.15, 0.2) is 12.2 Å². The van der Waals surface area contributed by atoms with Gasteiger partial charge in [0.25, 0.3) is 0 Å². The molecule has 0 aromatic carbocycles. The Morgan fingerprint density at radius 3 is 2.76 bits per heavy atom. The van der Waals surface area contributed by atoms with E-state index in [1.807, 2.05) is 13.8 Å². The van der Waals surface area contributed by atoms with Crippen LogP contribution in [0.2, 0.25) is 0 Å². The van der Waals surface area contributed by atoms with Crippen molar-refractivity contribution in [1.29, 1.82) is 0 Å². The Hall–Kier alpha value is -0.630. The van der Waals surface area contributed by atoms with Crippen LogP contribution >= 0.6 is 0 Å². The highest BCUT2D eigenvalue weighted by Crippen LogP contribution is 2.63. The third kappa shape index (κ3) is 1.08. The Balaban J connectivity index is 2.18. The molecule has 1 aliphatic carbocycles. The lowest BCUT2D eigenvalue weighted by Crippen LogP contribution is -2.60. The quantitative estimate of drug-likeness (QED) is 0.652. The SMILES string of the molecule is CC[C@]12C[C@@H](C)C[C@]13C=C[C@@H](O3)C(C)(C)C2=O. The number of ketones is 1. The van der Waals surface area contributed by atoms with Crippen molar-refractivity contribution >= 4 is 5.78 Å². The Bertz CT molecular complexity index is 409. The molecule has 4 atom stereocenters. The van der Waals surface area contributed by atoms with Gasteiger partial charge in [0.1, 0.15) is 0 Å². The number of hydrogen-bond acceptors (Lipinski definition) is 2. The normalized spacial score (nSPS) is 50.7. The van der Waals surface area contributed by atoms with Gasteiger partial charge in [0.2, 0.25) is 0 Å². The molecule has 1 saturated heterocycles. The molecule has 2 nitrogen and oxygen atoms in total. The molecule has 2 fully saturated rings. The van der Waals surface area contributed by atoms with Crippen molar-refractivity contribution in [3.8, 4) is 0 Å². The second-order valence-corrected chi connectivity index (χ2v) is 6.79.